The summed E-state index contributed by atoms with van der Waals surface area (Å²) in [6.07, 6.45) is 16.2. The van der Waals surface area contributed by atoms with Crippen LogP contribution in [0.5, 0.6) is 0 Å². The molecule has 0 heterocycles. The summed E-state index contributed by atoms with van der Waals surface area (Å²) in [6, 6.07) is 2.01. The number of allylic oxidation sites excluding steroid dienone is 2. The van der Waals surface area contributed by atoms with Crippen LogP contribution >= 0.6 is 0 Å². The Morgan fingerprint density at radius 1 is 1.00 bits per heavy atom. The Morgan fingerprint density at radius 3 is 1.94 bits per heavy atom. The molecule has 0 radical (unpaired) electrons. The van der Waals surface area contributed by atoms with E-state index in [0.717, 1.165) is 12.7 Å². The van der Waals surface area contributed by atoms with Crippen LogP contribution in [-0.2, 0) is 4.79 Å². The molecule has 0 aromatic heterocycles. The lowest BCUT2D eigenvalue weighted by Crippen LogP contribution is -1.79. The van der Waals surface area contributed by atoms with Gasteiger partial charge < -0.3 is 4.79 Å². The highest BCUT2D eigenvalue weighted by molar-refractivity contribution is 5.44. The van der Waals surface area contributed by atoms with Crippen molar-refractivity contribution < 1.29 is 4.79 Å². The van der Waals surface area contributed by atoms with E-state index in [0.29, 0.717) is 0 Å². The average molecular weight is 237 g/mol. The second-order valence-electron chi connectivity index (χ2n) is 4.03. The molecule has 0 bridgehead atoms. The van der Waals surface area contributed by atoms with E-state index in [1.165, 1.54) is 58.3 Å². The minimum absolute atomic E-state index is 0.750. The summed E-state index contributed by atoms with van der Waals surface area (Å²) in [5, 5.41) is 8.25. The maximum Gasteiger partial charge on any atom is 0.116 e. The molecule has 0 fully saturated rings. The Balaban J connectivity index is 0. The van der Waals surface area contributed by atoms with Gasteiger partial charge in [0.15, 0.2) is 0 Å². The highest BCUT2D eigenvalue weighted by atomic mass is 16.1. The van der Waals surface area contributed by atoms with Gasteiger partial charge in [-0.1, -0.05) is 57.9 Å². The van der Waals surface area contributed by atoms with E-state index in [9.17, 15) is 0 Å². The molecule has 0 aliphatic carbocycles. The van der Waals surface area contributed by atoms with Crippen LogP contribution in [-0.4, -0.2) is 6.29 Å². The molecule has 0 amide bonds. The van der Waals surface area contributed by atoms with Crippen LogP contribution in [0.4, 0.5) is 0 Å². The minimum atomic E-state index is 0.750. The third-order valence-corrected chi connectivity index (χ3v) is 2.42. The van der Waals surface area contributed by atoms with E-state index in [-0.39, 0.29) is 0 Å². The van der Waals surface area contributed by atoms with Gasteiger partial charge in [-0.15, -0.1) is 0 Å². The molecule has 0 aliphatic heterocycles. The SMILES string of the molecule is CC=O.CCCCCCCCCC/C=C/C#N. The van der Waals surface area contributed by atoms with Crippen molar-refractivity contribution >= 4 is 6.29 Å². The molecule has 2 nitrogen and oxygen atoms in total. The highest BCUT2D eigenvalue weighted by Gasteiger charge is 1.89. The van der Waals surface area contributed by atoms with Crippen LogP contribution in [0.3, 0.4) is 0 Å². The molecule has 17 heavy (non-hydrogen) atoms. The van der Waals surface area contributed by atoms with Crippen molar-refractivity contribution in [3.63, 3.8) is 0 Å². The molecule has 0 unspecified atom stereocenters. The maximum absolute atomic E-state index is 8.81. The number of hydrogen-bond donors (Lipinski definition) is 0. The lowest BCUT2D eigenvalue weighted by Gasteiger charge is -1.99. The van der Waals surface area contributed by atoms with Gasteiger partial charge in [0.2, 0.25) is 0 Å². The van der Waals surface area contributed by atoms with Gasteiger partial charge in [0.05, 0.1) is 6.07 Å². The van der Waals surface area contributed by atoms with Gasteiger partial charge in [-0.25, -0.2) is 0 Å². The van der Waals surface area contributed by atoms with Crippen LogP contribution in [0.25, 0.3) is 0 Å². The molecule has 0 aliphatic rings. The first kappa shape index (κ1) is 18.3. The van der Waals surface area contributed by atoms with Crippen LogP contribution in [0, 0.1) is 11.3 Å². The second kappa shape index (κ2) is 20.3. The first-order valence-corrected chi connectivity index (χ1v) is 6.77. The van der Waals surface area contributed by atoms with Crippen molar-refractivity contribution in [1.29, 1.82) is 5.26 Å². The van der Waals surface area contributed by atoms with Crippen molar-refractivity contribution in [3.8, 4) is 6.07 Å². The molecule has 0 N–H and O–H groups in total. The van der Waals surface area contributed by atoms with E-state index >= 15 is 0 Å². The number of rotatable bonds is 9. The number of carbonyl (C=O) groups excluding carboxylic acids is 1. The summed E-state index contributed by atoms with van der Waals surface area (Å²) in [5.74, 6) is 0. The third-order valence-electron chi connectivity index (χ3n) is 2.42. The number of aldehydes is 1. The molecule has 0 rings (SSSR count). The summed E-state index contributed by atoms with van der Waals surface area (Å²) in [6.45, 7) is 3.70. The predicted molar refractivity (Wildman–Crippen MR) is 73.7 cm³/mol. The summed E-state index contributed by atoms with van der Waals surface area (Å²) in [4.78, 5) is 8.81. The Kier molecular flexibility index (Phi) is 21.8. The number of nitrogens with zero attached hydrogens (tertiary/aromatic N) is 1. The molecule has 0 aromatic rings. The molecule has 0 saturated carbocycles. The summed E-state index contributed by atoms with van der Waals surface area (Å²) in [7, 11) is 0. The van der Waals surface area contributed by atoms with E-state index < -0.39 is 0 Å². The number of nitriles is 1. The summed E-state index contributed by atoms with van der Waals surface area (Å²) in [5.41, 5.74) is 0. The Morgan fingerprint density at radius 2 is 1.47 bits per heavy atom. The van der Waals surface area contributed by atoms with Gasteiger partial charge in [0.25, 0.3) is 0 Å². The number of unbranched alkanes of at least 4 members (excludes halogenated alkanes) is 8. The monoisotopic (exact) mass is 237 g/mol. The smallest absolute Gasteiger partial charge is 0.116 e. The first-order valence-electron chi connectivity index (χ1n) is 6.77. The van der Waals surface area contributed by atoms with Crippen molar-refractivity contribution in [2.45, 2.75) is 71.6 Å². The second-order valence-corrected chi connectivity index (χ2v) is 4.03. The number of carbonyl (C=O) groups is 1. The molecule has 2 heteroatoms. The molecule has 0 aromatic carbocycles. The van der Waals surface area contributed by atoms with Crippen molar-refractivity contribution in [2.75, 3.05) is 0 Å². The standard InChI is InChI=1S/C13H23N.C2H4O/c1-2-3-4-5-6-7-8-9-10-11-12-13-14;1-2-3/h11-12H,2-10H2,1H3;2H,1H3/b12-11+;. The fourth-order valence-electron chi connectivity index (χ4n) is 1.53. The Hall–Kier alpha value is -1.10. The maximum atomic E-state index is 8.81. The van der Waals surface area contributed by atoms with E-state index in [2.05, 4.69) is 6.92 Å². The Bertz CT molecular complexity index is 203. The molecular weight excluding hydrogens is 210 g/mol. The van der Waals surface area contributed by atoms with Crippen molar-refractivity contribution in [3.05, 3.63) is 12.2 Å². The van der Waals surface area contributed by atoms with Crippen LogP contribution in [0.15, 0.2) is 12.2 Å². The average Bonchev–Trinajstić information content (AvgIpc) is 2.33. The van der Waals surface area contributed by atoms with Crippen LogP contribution in [0.1, 0.15) is 71.6 Å². The van der Waals surface area contributed by atoms with E-state index in [1.807, 2.05) is 12.1 Å². The lowest BCUT2D eigenvalue weighted by molar-refractivity contribution is -0.106. The largest absolute Gasteiger partial charge is 0.304 e. The third kappa shape index (κ3) is 25.3. The van der Waals surface area contributed by atoms with Gasteiger partial charge >= 0.3 is 0 Å². The van der Waals surface area contributed by atoms with Gasteiger partial charge in [-0.3, -0.25) is 0 Å². The Labute approximate surface area is 107 Å². The predicted octanol–water partition coefficient (Wildman–Crippen LogP) is 4.80. The zero-order valence-corrected chi connectivity index (χ0v) is 11.5. The quantitative estimate of drug-likeness (QED) is 0.328. The topological polar surface area (TPSA) is 40.9 Å². The van der Waals surface area contributed by atoms with Crippen LogP contribution < -0.4 is 0 Å². The molecule has 0 saturated heterocycles. The molecule has 98 valence electrons. The number of hydrogen-bond acceptors (Lipinski definition) is 2. The zero-order valence-electron chi connectivity index (χ0n) is 11.5. The fraction of sp³-hybridized carbons (Fsp3) is 0.733. The fourth-order valence-corrected chi connectivity index (χ4v) is 1.53. The first-order chi connectivity index (χ1) is 8.33. The summed E-state index contributed by atoms with van der Waals surface area (Å²) >= 11 is 0. The van der Waals surface area contributed by atoms with Crippen molar-refractivity contribution in [1.82, 2.24) is 0 Å². The van der Waals surface area contributed by atoms with Gasteiger partial charge in [0.1, 0.15) is 6.29 Å². The van der Waals surface area contributed by atoms with Gasteiger partial charge in [-0.2, -0.15) is 5.26 Å². The molecular formula is C15H27NO. The van der Waals surface area contributed by atoms with E-state index in [4.69, 9.17) is 10.1 Å². The summed E-state index contributed by atoms with van der Waals surface area (Å²) < 4.78 is 0. The minimum Gasteiger partial charge on any atom is -0.304 e. The zero-order chi connectivity index (χ0) is 13.2. The van der Waals surface area contributed by atoms with Crippen molar-refractivity contribution in [2.24, 2.45) is 0 Å². The molecule has 0 atom stereocenters. The van der Waals surface area contributed by atoms with Crippen LogP contribution in [0.2, 0.25) is 0 Å². The lowest BCUT2D eigenvalue weighted by atomic mass is 10.1. The normalized spacial score (nSPS) is 9.47. The highest BCUT2D eigenvalue weighted by Crippen LogP contribution is 2.09. The molecule has 0 spiro atoms. The van der Waals surface area contributed by atoms with Gasteiger partial charge in [-0.05, 0) is 19.8 Å². The van der Waals surface area contributed by atoms with E-state index in [1.54, 1.807) is 6.08 Å². The van der Waals surface area contributed by atoms with Gasteiger partial charge in [0, 0.05) is 6.08 Å².